The Bertz CT molecular complexity index is 1810. The molecule has 12 nitrogen and oxygen atoms in total. The number of fused-ring (bicyclic) bond motifs is 2. The number of nitriles is 1. The Balaban J connectivity index is 1.19. The summed E-state index contributed by atoms with van der Waals surface area (Å²) in [5.41, 5.74) is 3.00. The van der Waals surface area contributed by atoms with Crippen LogP contribution in [0.5, 0.6) is 6.01 Å². The van der Waals surface area contributed by atoms with Gasteiger partial charge in [0.1, 0.15) is 12.4 Å². The van der Waals surface area contributed by atoms with Crippen molar-refractivity contribution in [1.29, 1.82) is 5.26 Å². The molecule has 1 aliphatic carbocycles. The Kier molecular flexibility index (Phi) is 9.33. The average Bonchev–Trinajstić information content (AvgIpc) is 3.90. The third-order valence-electron chi connectivity index (χ3n) is 10.4. The molecule has 3 fully saturated rings. The van der Waals surface area contributed by atoms with E-state index in [4.69, 9.17) is 31.4 Å². The lowest BCUT2D eigenvalue weighted by Gasteiger charge is -2.42. The Morgan fingerprint density at radius 2 is 1.82 bits per heavy atom. The smallest absolute Gasteiger partial charge is 0.328 e. The van der Waals surface area contributed by atoms with Crippen molar-refractivity contribution in [3.8, 4) is 12.1 Å². The molecule has 256 valence electrons. The van der Waals surface area contributed by atoms with Crippen molar-refractivity contribution in [2.24, 2.45) is 0 Å². The van der Waals surface area contributed by atoms with Gasteiger partial charge in [0.05, 0.1) is 41.3 Å². The summed E-state index contributed by atoms with van der Waals surface area (Å²) in [6.45, 7) is 7.12. The molecule has 1 unspecified atom stereocenters. The van der Waals surface area contributed by atoms with Crippen LogP contribution in [-0.4, -0.2) is 119 Å². The fourth-order valence-corrected chi connectivity index (χ4v) is 7.77. The number of halogens is 1. The number of nitrogens with zero attached hydrogens (tertiary/aromatic N) is 8. The molecule has 1 aromatic heterocycles. The summed E-state index contributed by atoms with van der Waals surface area (Å²) < 4.78 is 6.50. The third-order valence-corrected chi connectivity index (χ3v) is 10.7. The molecule has 4 heterocycles. The molecule has 0 radical (unpaired) electrons. The quantitative estimate of drug-likeness (QED) is 0.332. The number of amides is 1. The molecule has 1 atom stereocenters. The number of carboxylic acids is 1. The molecule has 13 heteroatoms. The van der Waals surface area contributed by atoms with Crippen molar-refractivity contribution in [3.63, 3.8) is 0 Å². The van der Waals surface area contributed by atoms with E-state index < -0.39 is 17.9 Å². The number of aromatic nitrogens is 2. The number of carbonyl (C=O) groups excluding carboxylic acids is 1. The number of rotatable bonds is 9. The maximum atomic E-state index is 12.9. The third kappa shape index (κ3) is 6.88. The molecular formula is C36H41ClN8O4. The van der Waals surface area contributed by atoms with Crippen LogP contribution < -0.4 is 14.5 Å². The van der Waals surface area contributed by atoms with Crippen molar-refractivity contribution < 1.29 is 19.4 Å². The van der Waals surface area contributed by atoms with Crippen LogP contribution in [0, 0.1) is 11.3 Å². The molecule has 1 saturated carbocycles. The number of piperazine rings is 2. The number of anilines is 2. The SMILES string of the molecule is CN1CCN(C2(COc3nc4c(c(N5CCN(C(=O)/C=C/C(=O)O)C(CC#N)C5)n3)CCN(c3cccc5cccc(Cl)c35)C4)CC2)CC1. The van der Waals surface area contributed by atoms with Crippen LogP contribution in [0.3, 0.4) is 0 Å². The number of aliphatic carboxylic acids is 1. The second kappa shape index (κ2) is 13.8. The number of carboxylic acid groups (broad SMARTS) is 1. The summed E-state index contributed by atoms with van der Waals surface area (Å²) in [7, 11) is 2.16. The molecule has 1 amide bonds. The number of hydrogen-bond acceptors (Lipinski definition) is 10. The number of hydrogen-bond donors (Lipinski definition) is 1. The summed E-state index contributed by atoms with van der Waals surface area (Å²) in [5.74, 6) is -0.834. The normalized spacial score (nSPS) is 21.1. The van der Waals surface area contributed by atoms with Gasteiger partial charge in [0.2, 0.25) is 5.91 Å². The molecule has 3 aromatic rings. The maximum Gasteiger partial charge on any atom is 0.328 e. The second-order valence-electron chi connectivity index (χ2n) is 13.5. The minimum Gasteiger partial charge on any atom is -0.478 e. The molecular weight excluding hydrogens is 644 g/mol. The van der Waals surface area contributed by atoms with Crippen molar-refractivity contribution in [1.82, 2.24) is 24.7 Å². The molecule has 7 rings (SSSR count). The summed E-state index contributed by atoms with van der Waals surface area (Å²) in [6, 6.07) is 14.3. The first kappa shape index (κ1) is 33.1. The van der Waals surface area contributed by atoms with E-state index in [2.05, 4.69) is 57.0 Å². The highest BCUT2D eigenvalue weighted by atomic mass is 35.5. The van der Waals surface area contributed by atoms with Gasteiger partial charge in [-0.25, -0.2) is 4.79 Å². The lowest BCUT2D eigenvalue weighted by atomic mass is 10.0. The highest BCUT2D eigenvalue weighted by Crippen LogP contribution is 2.43. The zero-order valence-corrected chi connectivity index (χ0v) is 28.5. The van der Waals surface area contributed by atoms with Crippen LogP contribution in [0.1, 0.15) is 30.5 Å². The summed E-state index contributed by atoms with van der Waals surface area (Å²) in [6.07, 6.45) is 4.89. The first-order chi connectivity index (χ1) is 23.7. The van der Waals surface area contributed by atoms with Crippen LogP contribution in [0.15, 0.2) is 48.6 Å². The first-order valence-corrected chi connectivity index (χ1v) is 17.3. The van der Waals surface area contributed by atoms with Gasteiger partial charge in [0.25, 0.3) is 0 Å². The predicted molar refractivity (Wildman–Crippen MR) is 187 cm³/mol. The zero-order chi connectivity index (χ0) is 34.1. The van der Waals surface area contributed by atoms with Crippen molar-refractivity contribution in [2.45, 2.75) is 43.8 Å². The summed E-state index contributed by atoms with van der Waals surface area (Å²) >= 11 is 6.73. The number of benzene rings is 2. The monoisotopic (exact) mass is 684 g/mol. The van der Waals surface area contributed by atoms with E-state index in [0.717, 1.165) is 91.3 Å². The second-order valence-corrected chi connectivity index (χ2v) is 13.9. The molecule has 1 N–H and O–H groups in total. The van der Waals surface area contributed by atoms with Gasteiger partial charge in [-0.3, -0.25) is 9.69 Å². The Morgan fingerprint density at radius 3 is 2.55 bits per heavy atom. The van der Waals surface area contributed by atoms with Gasteiger partial charge in [0.15, 0.2) is 0 Å². The van der Waals surface area contributed by atoms with Gasteiger partial charge in [-0.1, -0.05) is 35.9 Å². The highest BCUT2D eigenvalue weighted by Gasteiger charge is 2.49. The maximum absolute atomic E-state index is 12.9. The zero-order valence-electron chi connectivity index (χ0n) is 27.7. The van der Waals surface area contributed by atoms with Gasteiger partial charge in [-0.2, -0.15) is 15.2 Å². The van der Waals surface area contributed by atoms with E-state index in [9.17, 15) is 14.9 Å². The van der Waals surface area contributed by atoms with Crippen LogP contribution in [0.25, 0.3) is 10.8 Å². The Hall–Kier alpha value is -4.44. The molecule has 49 heavy (non-hydrogen) atoms. The van der Waals surface area contributed by atoms with Gasteiger partial charge in [-0.15, -0.1) is 0 Å². The largest absolute Gasteiger partial charge is 0.478 e. The van der Waals surface area contributed by atoms with Crippen LogP contribution in [0.4, 0.5) is 11.5 Å². The first-order valence-electron chi connectivity index (χ1n) is 17.0. The number of likely N-dealkylation sites (N-methyl/N-ethyl adjacent to an activating group) is 1. The molecule has 2 saturated heterocycles. The number of ether oxygens (including phenoxy) is 1. The minimum absolute atomic E-state index is 0.0137. The van der Waals surface area contributed by atoms with Crippen molar-refractivity contribution in [2.75, 3.05) is 75.8 Å². The van der Waals surface area contributed by atoms with Crippen LogP contribution in [-0.2, 0) is 22.6 Å². The van der Waals surface area contributed by atoms with E-state index >= 15 is 0 Å². The highest BCUT2D eigenvalue weighted by molar-refractivity contribution is 6.36. The minimum atomic E-state index is -1.19. The fourth-order valence-electron chi connectivity index (χ4n) is 7.49. The van der Waals surface area contributed by atoms with E-state index in [0.29, 0.717) is 50.2 Å². The Morgan fingerprint density at radius 1 is 1.04 bits per heavy atom. The van der Waals surface area contributed by atoms with Crippen LogP contribution >= 0.6 is 11.6 Å². The Labute approximate surface area is 291 Å². The lowest BCUT2D eigenvalue weighted by molar-refractivity contribution is -0.133. The topological polar surface area (TPSA) is 129 Å². The number of carbonyl (C=O) groups is 2. The van der Waals surface area contributed by atoms with Gasteiger partial charge in [-0.05, 0) is 43.8 Å². The van der Waals surface area contributed by atoms with E-state index in [1.165, 1.54) is 0 Å². The average molecular weight is 685 g/mol. The van der Waals surface area contributed by atoms with Gasteiger partial charge in [0, 0.05) is 81.1 Å². The standard InChI is InChI=1S/C36H41ClN8O4/c1-41-16-19-44(20-17-41)36(12-13-36)24-49-35-39-29-23-42(30-7-3-5-25-4-2-6-28(37)33(25)30)15-11-27(29)34(40-35)43-18-21-45(26(22-43)10-14-38)31(46)8-9-32(47)48/h2-9,26H,10-13,15-24H2,1H3,(H,47,48)/b9-8+. The fraction of sp³-hybridized carbons (Fsp3) is 0.472. The summed E-state index contributed by atoms with van der Waals surface area (Å²) in [5, 5.41) is 21.5. The molecule has 4 aliphatic rings. The lowest BCUT2D eigenvalue weighted by Crippen LogP contribution is -2.55. The molecule has 0 spiro atoms. The van der Waals surface area contributed by atoms with Gasteiger partial charge >= 0.3 is 12.0 Å². The van der Waals surface area contributed by atoms with E-state index in [1.807, 2.05) is 12.1 Å². The molecule has 0 bridgehead atoms. The van der Waals surface area contributed by atoms with E-state index in [1.54, 1.807) is 4.90 Å². The molecule has 3 aliphatic heterocycles. The molecule has 2 aromatic carbocycles. The van der Waals surface area contributed by atoms with Crippen molar-refractivity contribution in [3.05, 3.63) is 64.8 Å². The summed E-state index contributed by atoms with van der Waals surface area (Å²) in [4.78, 5) is 45.0. The van der Waals surface area contributed by atoms with Gasteiger partial charge < -0.3 is 29.4 Å². The van der Waals surface area contributed by atoms with Crippen molar-refractivity contribution >= 4 is 45.8 Å². The van der Waals surface area contributed by atoms with Crippen LogP contribution in [0.2, 0.25) is 5.02 Å². The van der Waals surface area contributed by atoms with E-state index in [-0.39, 0.29) is 12.0 Å². The predicted octanol–water partition coefficient (Wildman–Crippen LogP) is 3.58.